The van der Waals surface area contributed by atoms with Gasteiger partial charge in [0, 0.05) is 5.56 Å². The first kappa shape index (κ1) is 13.6. The lowest BCUT2D eigenvalue weighted by molar-refractivity contribution is 0.339. The Morgan fingerprint density at radius 2 is 1.42 bits per heavy atom. The Morgan fingerprint density at radius 1 is 0.842 bits per heavy atom. The molecule has 0 N–H and O–H groups in total. The van der Waals surface area contributed by atoms with Crippen molar-refractivity contribution in [3.63, 3.8) is 0 Å². The Balaban J connectivity index is 2.64. The van der Waals surface area contributed by atoms with Crippen LogP contribution in [0.5, 0.6) is 5.75 Å². The first-order valence-corrected chi connectivity index (χ1v) is 7.41. The van der Waals surface area contributed by atoms with Crippen LogP contribution in [0, 0.1) is 20.8 Å². The zero-order chi connectivity index (χ0) is 14.2. The Labute approximate surface area is 113 Å². The molecule has 4 heteroatoms. The number of benzene rings is 2. The topological polar surface area (TPSA) is 54.0 Å². The van der Waals surface area contributed by atoms with Crippen LogP contribution in [0.25, 0.3) is 0 Å². The molecular weight excluding hydrogens is 260 g/mol. The molecule has 99 valence electrons. The molecule has 0 unspecified atom stereocenters. The van der Waals surface area contributed by atoms with Crippen molar-refractivity contribution in [3.8, 4) is 5.75 Å². The third kappa shape index (κ3) is 2.36. The standard InChI is InChI=1S/C15H15O3S/c1-10-4-7-13(8-5-10)19(17,18)14-9-6-11(2)12(3)15(14)16/h4-9H,1-3H3. The van der Waals surface area contributed by atoms with Crippen molar-refractivity contribution in [2.45, 2.75) is 30.6 Å². The first-order chi connectivity index (χ1) is 8.84. The highest BCUT2D eigenvalue weighted by molar-refractivity contribution is 7.91. The number of hydrogen-bond acceptors (Lipinski definition) is 2. The van der Waals surface area contributed by atoms with Gasteiger partial charge >= 0.3 is 0 Å². The van der Waals surface area contributed by atoms with Crippen LogP contribution in [0.3, 0.4) is 0 Å². The molecular formula is C15H15O3S. The van der Waals surface area contributed by atoms with E-state index >= 15 is 0 Å². The summed E-state index contributed by atoms with van der Waals surface area (Å²) in [6.45, 7) is 5.32. The zero-order valence-corrected chi connectivity index (χ0v) is 11.9. The maximum absolute atomic E-state index is 12.4. The molecule has 0 heterocycles. The van der Waals surface area contributed by atoms with E-state index in [1.807, 2.05) is 6.92 Å². The van der Waals surface area contributed by atoms with Gasteiger partial charge in [0.1, 0.15) is 4.90 Å². The van der Waals surface area contributed by atoms with Crippen LogP contribution in [0.2, 0.25) is 0 Å². The van der Waals surface area contributed by atoms with Crippen molar-refractivity contribution < 1.29 is 13.5 Å². The van der Waals surface area contributed by atoms with Crippen molar-refractivity contribution in [2.75, 3.05) is 0 Å². The molecule has 19 heavy (non-hydrogen) atoms. The lowest BCUT2D eigenvalue weighted by Crippen LogP contribution is -2.03. The summed E-state index contributed by atoms with van der Waals surface area (Å²) in [6, 6.07) is 9.55. The van der Waals surface area contributed by atoms with E-state index in [9.17, 15) is 13.5 Å². The molecule has 2 aromatic carbocycles. The largest absolute Gasteiger partial charge is 0.288 e. The molecule has 0 amide bonds. The maximum Gasteiger partial charge on any atom is 0.210 e. The average Bonchev–Trinajstić information content (AvgIpc) is 2.36. The summed E-state index contributed by atoms with van der Waals surface area (Å²) >= 11 is 0. The van der Waals surface area contributed by atoms with Crippen molar-refractivity contribution in [1.29, 1.82) is 0 Å². The second-order valence-electron chi connectivity index (χ2n) is 4.65. The van der Waals surface area contributed by atoms with Crippen LogP contribution in [0.1, 0.15) is 16.7 Å². The third-order valence-corrected chi connectivity index (χ3v) is 5.05. The average molecular weight is 275 g/mol. The molecule has 0 fully saturated rings. The normalized spacial score (nSPS) is 11.5. The smallest absolute Gasteiger partial charge is 0.210 e. The van der Waals surface area contributed by atoms with Gasteiger partial charge in [-0.15, -0.1) is 0 Å². The fraction of sp³-hybridized carbons (Fsp3) is 0.200. The monoisotopic (exact) mass is 275 g/mol. The zero-order valence-electron chi connectivity index (χ0n) is 11.1. The summed E-state index contributed by atoms with van der Waals surface area (Å²) in [6.07, 6.45) is 0. The van der Waals surface area contributed by atoms with E-state index in [4.69, 9.17) is 0 Å². The van der Waals surface area contributed by atoms with Crippen molar-refractivity contribution in [2.24, 2.45) is 0 Å². The minimum atomic E-state index is -3.74. The van der Waals surface area contributed by atoms with Gasteiger partial charge in [-0.1, -0.05) is 23.8 Å². The van der Waals surface area contributed by atoms with Gasteiger partial charge in [0.05, 0.1) is 4.90 Å². The van der Waals surface area contributed by atoms with Crippen LogP contribution in [-0.4, -0.2) is 8.42 Å². The van der Waals surface area contributed by atoms with Crippen LogP contribution >= 0.6 is 0 Å². The summed E-state index contributed by atoms with van der Waals surface area (Å²) in [5.41, 5.74) is 2.25. The number of rotatable bonds is 2. The van der Waals surface area contributed by atoms with E-state index in [2.05, 4.69) is 0 Å². The highest BCUT2D eigenvalue weighted by atomic mass is 32.2. The van der Waals surface area contributed by atoms with E-state index in [1.54, 1.807) is 32.0 Å². The Kier molecular flexibility index (Phi) is 3.37. The van der Waals surface area contributed by atoms with E-state index in [0.29, 0.717) is 5.56 Å². The number of sulfone groups is 1. The predicted molar refractivity (Wildman–Crippen MR) is 72.7 cm³/mol. The molecule has 0 aliphatic rings. The Morgan fingerprint density at radius 3 is 2.00 bits per heavy atom. The van der Waals surface area contributed by atoms with Gasteiger partial charge in [0.25, 0.3) is 0 Å². The third-order valence-electron chi connectivity index (χ3n) is 3.26. The second kappa shape index (κ2) is 4.70. The Bertz CT molecular complexity index is 714. The fourth-order valence-corrected chi connectivity index (χ4v) is 3.21. The van der Waals surface area contributed by atoms with Gasteiger partial charge in [0.15, 0.2) is 0 Å². The molecule has 0 aromatic heterocycles. The minimum Gasteiger partial charge on any atom is -0.288 e. The summed E-state index contributed by atoms with van der Waals surface area (Å²) in [5, 5.41) is 12.1. The highest BCUT2D eigenvalue weighted by Gasteiger charge is 2.23. The van der Waals surface area contributed by atoms with E-state index in [-0.39, 0.29) is 9.79 Å². The molecule has 0 saturated heterocycles. The maximum atomic E-state index is 12.4. The molecule has 3 nitrogen and oxygen atoms in total. The molecule has 0 atom stereocenters. The molecule has 0 saturated carbocycles. The van der Waals surface area contributed by atoms with Crippen molar-refractivity contribution >= 4 is 9.84 Å². The van der Waals surface area contributed by atoms with Crippen LogP contribution in [0.4, 0.5) is 0 Å². The molecule has 2 aromatic rings. The van der Waals surface area contributed by atoms with Gasteiger partial charge < -0.3 is 0 Å². The van der Waals surface area contributed by atoms with E-state index < -0.39 is 15.6 Å². The van der Waals surface area contributed by atoms with E-state index in [1.165, 1.54) is 18.2 Å². The predicted octanol–water partition coefficient (Wildman–Crippen LogP) is 3.59. The summed E-state index contributed by atoms with van der Waals surface area (Å²) in [4.78, 5) is -0.00194. The summed E-state index contributed by atoms with van der Waals surface area (Å²) in [5.74, 6) is -0.416. The molecule has 0 bridgehead atoms. The van der Waals surface area contributed by atoms with Gasteiger partial charge in [-0.25, -0.2) is 8.42 Å². The fourth-order valence-electron chi connectivity index (χ4n) is 1.82. The quantitative estimate of drug-likeness (QED) is 0.841. The first-order valence-electron chi connectivity index (χ1n) is 5.93. The Hall–Kier alpha value is -1.81. The van der Waals surface area contributed by atoms with Crippen LogP contribution in [0.15, 0.2) is 46.2 Å². The lowest BCUT2D eigenvalue weighted by atomic mass is 10.1. The van der Waals surface area contributed by atoms with Crippen LogP contribution in [-0.2, 0) is 14.9 Å². The van der Waals surface area contributed by atoms with Gasteiger partial charge in [0.2, 0.25) is 15.6 Å². The molecule has 1 radical (unpaired) electrons. The molecule has 0 spiro atoms. The van der Waals surface area contributed by atoms with Gasteiger partial charge in [-0.05, 0) is 44.5 Å². The number of aryl methyl sites for hydroxylation is 2. The molecule has 0 aliphatic carbocycles. The SMILES string of the molecule is Cc1ccc(S(=O)(=O)c2ccc(C)c(C)c2[O])cc1. The van der Waals surface area contributed by atoms with E-state index in [0.717, 1.165) is 11.1 Å². The van der Waals surface area contributed by atoms with Crippen molar-refractivity contribution in [1.82, 2.24) is 0 Å². The van der Waals surface area contributed by atoms with Crippen LogP contribution < -0.4 is 0 Å². The molecule has 0 aliphatic heterocycles. The second-order valence-corrected chi connectivity index (χ2v) is 6.57. The van der Waals surface area contributed by atoms with Crippen molar-refractivity contribution in [3.05, 3.63) is 53.1 Å². The molecule has 2 rings (SSSR count). The number of hydrogen-bond donors (Lipinski definition) is 0. The minimum absolute atomic E-state index is 0.151. The lowest BCUT2D eigenvalue weighted by Gasteiger charge is -2.09. The van der Waals surface area contributed by atoms with Gasteiger partial charge in [-0.2, -0.15) is 0 Å². The highest BCUT2D eigenvalue weighted by Crippen LogP contribution is 2.33. The summed E-state index contributed by atoms with van der Waals surface area (Å²) < 4.78 is 24.9. The van der Waals surface area contributed by atoms with Gasteiger partial charge in [-0.3, -0.25) is 5.11 Å². The summed E-state index contributed by atoms with van der Waals surface area (Å²) in [7, 11) is -3.74.